The quantitative estimate of drug-likeness (QED) is 0.884. The van der Waals surface area contributed by atoms with Gasteiger partial charge in [-0.25, -0.2) is 9.37 Å². The number of aryl methyl sites for hydroxylation is 1. The van der Waals surface area contributed by atoms with Crippen molar-refractivity contribution in [2.75, 3.05) is 0 Å². The summed E-state index contributed by atoms with van der Waals surface area (Å²) in [5, 5.41) is 10.7. The fraction of sp³-hybridized carbons (Fsp3) is 0.308. The van der Waals surface area contributed by atoms with Crippen LogP contribution in [0.2, 0.25) is 0 Å². The Balaban J connectivity index is 2.55. The number of aliphatic hydroxyl groups is 1. The molecule has 0 spiro atoms. The molecule has 2 aromatic rings. The van der Waals surface area contributed by atoms with Crippen LogP contribution >= 0.6 is 0 Å². The van der Waals surface area contributed by atoms with Crippen molar-refractivity contribution in [3.8, 4) is 0 Å². The summed E-state index contributed by atoms with van der Waals surface area (Å²) < 4.78 is 15.0. The lowest BCUT2D eigenvalue weighted by Crippen LogP contribution is -2.30. The van der Waals surface area contributed by atoms with E-state index in [1.807, 2.05) is 14.0 Å². The van der Waals surface area contributed by atoms with Crippen molar-refractivity contribution in [1.82, 2.24) is 9.55 Å². The van der Waals surface area contributed by atoms with Crippen LogP contribution < -0.4 is 0 Å². The van der Waals surface area contributed by atoms with Gasteiger partial charge >= 0.3 is 0 Å². The Morgan fingerprint density at radius 1 is 1.47 bits per heavy atom. The molecule has 0 radical (unpaired) electrons. The molecule has 4 heteroatoms. The Bertz CT molecular complexity index is 524. The van der Waals surface area contributed by atoms with Gasteiger partial charge in [-0.15, -0.1) is 0 Å². The van der Waals surface area contributed by atoms with E-state index in [4.69, 9.17) is 0 Å². The monoisotopic (exact) mass is 234 g/mol. The molecule has 1 aromatic heterocycles. The molecule has 0 saturated heterocycles. The van der Waals surface area contributed by atoms with Gasteiger partial charge in [-0.05, 0) is 24.1 Å². The molecule has 1 unspecified atom stereocenters. The predicted octanol–water partition coefficient (Wildman–Crippen LogP) is 2.21. The van der Waals surface area contributed by atoms with Gasteiger partial charge < -0.3 is 9.67 Å². The van der Waals surface area contributed by atoms with Gasteiger partial charge in [-0.3, -0.25) is 0 Å². The van der Waals surface area contributed by atoms with E-state index >= 15 is 0 Å². The molecule has 0 amide bonds. The summed E-state index contributed by atoms with van der Waals surface area (Å²) in [6.45, 7) is 1.85. The van der Waals surface area contributed by atoms with Crippen molar-refractivity contribution >= 4 is 0 Å². The van der Waals surface area contributed by atoms with Crippen LogP contribution in [0.4, 0.5) is 4.39 Å². The van der Waals surface area contributed by atoms with E-state index in [0.717, 1.165) is 0 Å². The zero-order valence-electron chi connectivity index (χ0n) is 9.89. The van der Waals surface area contributed by atoms with E-state index in [-0.39, 0.29) is 5.82 Å². The Labute approximate surface area is 99.5 Å². The first-order valence-corrected chi connectivity index (χ1v) is 5.54. The molecule has 1 N–H and O–H groups in total. The standard InChI is InChI=1S/C13H15FN2O/c1-3-13(17,12-15-7-8-16(12)2)10-5-4-6-11(14)9-10/h4-9,17H,3H2,1-2H3. The van der Waals surface area contributed by atoms with Crippen LogP contribution in [0.5, 0.6) is 0 Å². The van der Waals surface area contributed by atoms with Crippen molar-refractivity contribution in [3.05, 3.63) is 53.9 Å². The summed E-state index contributed by atoms with van der Waals surface area (Å²) in [6.07, 6.45) is 3.81. The molecule has 90 valence electrons. The zero-order valence-corrected chi connectivity index (χ0v) is 9.89. The molecule has 0 fully saturated rings. The average Bonchev–Trinajstić information content (AvgIpc) is 2.75. The number of halogens is 1. The van der Waals surface area contributed by atoms with E-state index in [1.165, 1.54) is 12.1 Å². The minimum atomic E-state index is -1.25. The predicted molar refractivity (Wildman–Crippen MR) is 62.9 cm³/mol. The first kappa shape index (κ1) is 11.8. The number of benzene rings is 1. The first-order chi connectivity index (χ1) is 8.08. The molecule has 1 atom stereocenters. The van der Waals surface area contributed by atoms with Crippen LogP contribution in [0.15, 0.2) is 36.7 Å². The summed E-state index contributed by atoms with van der Waals surface area (Å²) in [7, 11) is 1.81. The summed E-state index contributed by atoms with van der Waals surface area (Å²) in [5.41, 5.74) is -0.727. The maximum Gasteiger partial charge on any atom is 0.147 e. The molecule has 0 saturated carbocycles. The van der Waals surface area contributed by atoms with Gasteiger partial charge in [0.15, 0.2) is 0 Å². The smallest absolute Gasteiger partial charge is 0.147 e. The highest BCUT2D eigenvalue weighted by Gasteiger charge is 2.33. The van der Waals surface area contributed by atoms with E-state index in [0.29, 0.717) is 17.8 Å². The Kier molecular flexibility index (Phi) is 2.98. The fourth-order valence-corrected chi connectivity index (χ4v) is 2.00. The van der Waals surface area contributed by atoms with E-state index in [1.54, 1.807) is 29.1 Å². The molecule has 17 heavy (non-hydrogen) atoms. The largest absolute Gasteiger partial charge is 0.377 e. The third-order valence-electron chi connectivity index (χ3n) is 3.00. The lowest BCUT2D eigenvalue weighted by Gasteiger charge is -2.26. The molecule has 0 aliphatic rings. The van der Waals surface area contributed by atoms with Gasteiger partial charge in [-0.1, -0.05) is 19.1 Å². The molecule has 0 aliphatic heterocycles. The lowest BCUT2D eigenvalue weighted by molar-refractivity contribution is 0.0638. The molecular weight excluding hydrogens is 219 g/mol. The molecular formula is C13H15FN2O. The number of aromatic nitrogens is 2. The second-order valence-corrected chi connectivity index (χ2v) is 4.09. The number of nitrogens with zero attached hydrogens (tertiary/aromatic N) is 2. The van der Waals surface area contributed by atoms with Crippen LogP contribution in [0.25, 0.3) is 0 Å². The van der Waals surface area contributed by atoms with Gasteiger partial charge in [0.25, 0.3) is 0 Å². The number of hydrogen-bond donors (Lipinski definition) is 1. The third-order valence-corrected chi connectivity index (χ3v) is 3.00. The summed E-state index contributed by atoms with van der Waals surface area (Å²) in [6, 6.07) is 6.01. The van der Waals surface area contributed by atoms with Gasteiger partial charge in [0.05, 0.1) is 0 Å². The molecule has 0 aliphatic carbocycles. The highest BCUT2D eigenvalue weighted by atomic mass is 19.1. The van der Waals surface area contributed by atoms with Gasteiger partial charge in [0.2, 0.25) is 0 Å². The first-order valence-electron chi connectivity index (χ1n) is 5.54. The third kappa shape index (κ3) is 1.96. The molecule has 0 bridgehead atoms. The van der Waals surface area contributed by atoms with Crippen LogP contribution in [-0.4, -0.2) is 14.7 Å². The maximum absolute atomic E-state index is 13.2. The Morgan fingerprint density at radius 3 is 2.76 bits per heavy atom. The number of hydrogen-bond acceptors (Lipinski definition) is 2. The van der Waals surface area contributed by atoms with Crippen molar-refractivity contribution in [1.29, 1.82) is 0 Å². The SMILES string of the molecule is CCC(O)(c1cccc(F)c1)c1nccn1C. The van der Waals surface area contributed by atoms with Crippen molar-refractivity contribution in [2.45, 2.75) is 18.9 Å². The summed E-state index contributed by atoms with van der Waals surface area (Å²) >= 11 is 0. The van der Waals surface area contributed by atoms with E-state index in [9.17, 15) is 9.50 Å². The van der Waals surface area contributed by atoms with Crippen LogP contribution in [0.3, 0.4) is 0 Å². The number of rotatable bonds is 3. The van der Waals surface area contributed by atoms with Crippen LogP contribution in [-0.2, 0) is 12.6 Å². The van der Waals surface area contributed by atoms with Gasteiger partial charge in [-0.2, -0.15) is 0 Å². The van der Waals surface area contributed by atoms with Crippen molar-refractivity contribution in [2.24, 2.45) is 7.05 Å². The fourth-order valence-electron chi connectivity index (χ4n) is 2.00. The second kappa shape index (κ2) is 4.30. The topological polar surface area (TPSA) is 38.1 Å². The van der Waals surface area contributed by atoms with Crippen LogP contribution in [0, 0.1) is 5.82 Å². The van der Waals surface area contributed by atoms with Crippen LogP contribution in [0.1, 0.15) is 24.7 Å². The van der Waals surface area contributed by atoms with Crippen molar-refractivity contribution < 1.29 is 9.50 Å². The highest BCUT2D eigenvalue weighted by molar-refractivity contribution is 5.30. The van der Waals surface area contributed by atoms with Crippen molar-refractivity contribution in [3.63, 3.8) is 0 Å². The second-order valence-electron chi connectivity index (χ2n) is 4.09. The van der Waals surface area contributed by atoms with Gasteiger partial charge in [0, 0.05) is 19.4 Å². The minimum absolute atomic E-state index is 0.358. The minimum Gasteiger partial charge on any atom is -0.377 e. The molecule has 3 nitrogen and oxygen atoms in total. The average molecular weight is 234 g/mol. The Hall–Kier alpha value is -1.68. The highest BCUT2D eigenvalue weighted by Crippen LogP contribution is 2.31. The van der Waals surface area contributed by atoms with E-state index < -0.39 is 5.60 Å². The van der Waals surface area contributed by atoms with Gasteiger partial charge in [0.1, 0.15) is 17.2 Å². The summed E-state index contributed by atoms with van der Waals surface area (Å²) in [4.78, 5) is 4.16. The molecule has 1 heterocycles. The normalized spacial score (nSPS) is 14.6. The Morgan fingerprint density at radius 2 is 2.24 bits per heavy atom. The number of imidazole rings is 1. The molecule has 2 rings (SSSR count). The van der Waals surface area contributed by atoms with E-state index in [2.05, 4.69) is 4.98 Å². The molecule has 1 aromatic carbocycles. The lowest BCUT2D eigenvalue weighted by atomic mass is 9.90. The zero-order chi connectivity index (χ0) is 12.5. The maximum atomic E-state index is 13.2. The summed E-state index contributed by atoms with van der Waals surface area (Å²) in [5.74, 6) is 0.161.